The van der Waals surface area contributed by atoms with E-state index in [0.29, 0.717) is 37.4 Å². The third-order valence-electron chi connectivity index (χ3n) is 6.05. The number of benzene rings is 1. The highest BCUT2D eigenvalue weighted by Gasteiger charge is 2.37. The summed E-state index contributed by atoms with van der Waals surface area (Å²) in [5.74, 6) is 1.46. The van der Waals surface area contributed by atoms with Gasteiger partial charge in [-0.1, -0.05) is 51.1 Å². The second-order valence-electron chi connectivity index (χ2n) is 8.04. The minimum Gasteiger partial charge on any atom is -0.459 e. The zero-order valence-electron chi connectivity index (χ0n) is 17.4. The fourth-order valence-electron chi connectivity index (χ4n) is 3.73. The summed E-state index contributed by atoms with van der Waals surface area (Å²) in [4.78, 5) is 17.5. The molecule has 1 amide bonds. The minimum atomic E-state index is -0.719. The topological polar surface area (TPSA) is 56.9 Å². The average Bonchev–Trinajstić information content (AvgIpc) is 3.12. The molecular formula is C23H32N2O3. The lowest BCUT2D eigenvalue weighted by molar-refractivity contribution is -0.0439. The number of hydrogen-bond acceptors (Lipinski definition) is 4. The molecule has 2 aromatic rings. The first-order valence-corrected chi connectivity index (χ1v) is 10.3. The van der Waals surface area contributed by atoms with Gasteiger partial charge in [0, 0.05) is 24.6 Å². The van der Waals surface area contributed by atoms with Gasteiger partial charge in [0.2, 0.25) is 0 Å². The SMILES string of the molecule is CCN(CC)Cc1cc(C(=O)N2CC[C@@](C)(O)[C@@H](C)C2)c(-c2ccccc2)o1. The molecule has 5 nitrogen and oxygen atoms in total. The van der Waals surface area contributed by atoms with E-state index in [2.05, 4.69) is 18.7 Å². The number of rotatable bonds is 6. The van der Waals surface area contributed by atoms with E-state index in [-0.39, 0.29) is 11.8 Å². The van der Waals surface area contributed by atoms with Crippen LogP contribution in [0.4, 0.5) is 0 Å². The second-order valence-corrected chi connectivity index (χ2v) is 8.04. The Morgan fingerprint density at radius 3 is 2.57 bits per heavy atom. The highest BCUT2D eigenvalue weighted by molar-refractivity contribution is 6.00. The van der Waals surface area contributed by atoms with Crippen LogP contribution in [-0.2, 0) is 6.54 Å². The largest absolute Gasteiger partial charge is 0.459 e. The summed E-state index contributed by atoms with van der Waals surface area (Å²) < 4.78 is 6.18. The van der Waals surface area contributed by atoms with Crippen LogP contribution in [0.5, 0.6) is 0 Å². The number of hydrogen-bond donors (Lipinski definition) is 1. The summed E-state index contributed by atoms with van der Waals surface area (Å²) in [6, 6.07) is 11.7. The first kappa shape index (κ1) is 20.6. The summed E-state index contributed by atoms with van der Waals surface area (Å²) in [7, 11) is 0. The van der Waals surface area contributed by atoms with Crippen molar-refractivity contribution >= 4 is 5.91 Å². The molecule has 28 heavy (non-hydrogen) atoms. The maximum Gasteiger partial charge on any atom is 0.257 e. The highest BCUT2D eigenvalue weighted by atomic mass is 16.3. The van der Waals surface area contributed by atoms with Gasteiger partial charge in [0.05, 0.1) is 17.7 Å². The number of furan rings is 1. The number of aliphatic hydroxyl groups is 1. The number of piperidine rings is 1. The predicted octanol–water partition coefficient (Wildman–Crippen LogP) is 4.02. The van der Waals surface area contributed by atoms with Gasteiger partial charge < -0.3 is 14.4 Å². The number of nitrogens with zero attached hydrogens (tertiary/aromatic N) is 2. The lowest BCUT2D eigenvalue weighted by Gasteiger charge is -2.41. The molecule has 0 aliphatic carbocycles. The second kappa shape index (κ2) is 8.50. The fraction of sp³-hybridized carbons (Fsp3) is 0.522. The van der Waals surface area contributed by atoms with E-state index in [4.69, 9.17) is 4.42 Å². The van der Waals surface area contributed by atoms with Crippen LogP contribution in [0.2, 0.25) is 0 Å². The van der Waals surface area contributed by atoms with Crippen LogP contribution in [0.25, 0.3) is 11.3 Å². The third-order valence-corrected chi connectivity index (χ3v) is 6.05. The van der Waals surface area contributed by atoms with Crippen LogP contribution < -0.4 is 0 Å². The number of carbonyl (C=O) groups is 1. The Hall–Kier alpha value is -2.11. The van der Waals surface area contributed by atoms with Crippen molar-refractivity contribution < 1.29 is 14.3 Å². The van der Waals surface area contributed by atoms with Crippen molar-refractivity contribution in [2.45, 2.75) is 46.3 Å². The van der Waals surface area contributed by atoms with Crippen molar-refractivity contribution in [1.29, 1.82) is 0 Å². The molecule has 0 spiro atoms. The molecule has 1 saturated heterocycles. The van der Waals surface area contributed by atoms with E-state index in [1.807, 2.05) is 55.1 Å². The molecule has 0 saturated carbocycles. The van der Waals surface area contributed by atoms with Crippen LogP contribution in [0, 0.1) is 5.92 Å². The van der Waals surface area contributed by atoms with Gasteiger partial charge in [-0.25, -0.2) is 0 Å². The van der Waals surface area contributed by atoms with Gasteiger partial charge in [0.25, 0.3) is 5.91 Å². The molecule has 0 unspecified atom stereocenters. The van der Waals surface area contributed by atoms with Crippen LogP contribution in [0.3, 0.4) is 0 Å². The van der Waals surface area contributed by atoms with Crippen molar-refractivity contribution in [2.24, 2.45) is 5.92 Å². The smallest absolute Gasteiger partial charge is 0.257 e. The maximum atomic E-state index is 13.4. The Morgan fingerprint density at radius 2 is 1.96 bits per heavy atom. The van der Waals surface area contributed by atoms with Gasteiger partial charge in [-0.05, 0) is 32.5 Å². The molecule has 5 heteroatoms. The van der Waals surface area contributed by atoms with Crippen LogP contribution in [0.15, 0.2) is 40.8 Å². The normalized spacial score (nSPS) is 22.6. The summed E-state index contributed by atoms with van der Waals surface area (Å²) in [6.07, 6.45) is 0.588. The molecular weight excluding hydrogens is 352 g/mol. The molecule has 1 aliphatic rings. The van der Waals surface area contributed by atoms with Crippen LogP contribution in [0.1, 0.15) is 50.2 Å². The molecule has 2 atom stereocenters. The average molecular weight is 385 g/mol. The van der Waals surface area contributed by atoms with E-state index >= 15 is 0 Å². The number of amides is 1. The zero-order chi connectivity index (χ0) is 20.3. The van der Waals surface area contributed by atoms with E-state index in [9.17, 15) is 9.90 Å². The summed E-state index contributed by atoms with van der Waals surface area (Å²) in [5, 5.41) is 10.4. The van der Waals surface area contributed by atoms with Crippen LogP contribution >= 0.6 is 0 Å². The standard InChI is InChI=1S/C23H32N2O3/c1-5-24(6-2)16-19-14-20(21(28-19)18-10-8-7-9-11-18)22(26)25-13-12-23(4,27)17(3)15-25/h7-11,14,17,27H,5-6,12-13,15-16H2,1-4H3/t17-,23+/m0/s1. The van der Waals surface area contributed by atoms with E-state index < -0.39 is 5.60 Å². The first-order valence-electron chi connectivity index (χ1n) is 10.3. The number of carbonyl (C=O) groups excluding carboxylic acids is 1. The minimum absolute atomic E-state index is 0.0178. The first-order chi connectivity index (χ1) is 13.4. The Labute approximate surface area is 167 Å². The molecule has 2 heterocycles. The van der Waals surface area contributed by atoms with Crippen molar-refractivity contribution in [3.63, 3.8) is 0 Å². The molecule has 1 aromatic carbocycles. The summed E-state index contributed by atoms with van der Waals surface area (Å²) in [6.45, 7) is 11.8. The van der Waals surface area contributed by atoms with E-state index in [1.54, 1.807) is 0 Å². The summed E-state index contributed by atoms with van der Waals surface area (Å²) in [5.41, 5.74) is 0.805. The zero-order valence-corrected chi connectivity index (χ0v) is 17.4. The Morgan fingerprint density at radius 1 is 1.29 bits per heavy atom. The molecule has 1 fully saturated rings. The lowest BCUT2D eigenvalue weighted by atomic mass is 9.83. The monoisotopic (exact) mass is 384 g/mol. The maximum absolute atomic E-state index is 13.4. The molecule has 3 rings (SSSR count). The predicted molar refractivity (Wildman–Crippen MR) is 111 cm³/mol. The third kappa shape index (κ3) is 4.31. The highest BCUT2D eigenvalue weighted by Crippen LogP contribution is 2.32. The van der Waals surface area contributed by atoms with Gasteiger partial charge in [-0.3, -0.25) is 9.69 Å². The summed E-state index contributed by atoms with van der Waals surface area (Å²) >= 11 is 0. The van der Waals surface area contributed by atoms with Crippen molar-refractivity contribution in [2.75, 3.05) is 26.2 Å². The van der Waals surface area contributed by atoms with Gasteiger partial charge in [-0.2, -0.15) is 0 Å². The van der Waals surface area contributed by atoms with Crippen LogP contribution in [-0.4, -0.2) is 52.6 Å². The molecule has 152 valence electrons. The Kier molecular flexibility index (Phi) is 6.26. The molecule has 0 radical (unpaired) electrons. The van der Waals surface area contributed by atoms with Crippen molar-refractivity contribution in [3.8, 4) is 11.3 Å². The van der Waals surface area contributed by atoms with Crippen molar-refractivity contribution in [1.82, 2.24) is 9.80 Å². The van der Waals surface area contributed by atoms with Gasteiger partial charge in [0.15, 0.2) is 0 Å². The molecule has 1 aromatic heterocycles. The van der Waals surface area contributed by atoms with Gasteiger partial charge in [0.1, 0.15) is 11.5 Å². The quantitative estimate of drug-likeness (QED) is 0.817. The Bertz CT molecular complexity index is 793. The molecule has 0 bridgehead atoms. The molecule has 1 N–H and O–H groups in total. The van der Waals surface area contributed by atoms with Gasteiger partial charge >= 0.3 is 0 Å². The Balaban J connectivity index is 1.92. The van der Waals surface area contributed by atoms with E-state index in [1.165, 1.54) is 0 Å². The van der Waals surface area contributed by atoms with E-state index in [0.717, 1.165) is 24.4 Å². The van der Waals surface area contributed by atoms with Crippen molar-refractivity contribution in [3.05, 3.63) is 47.7 Å². The van der Waals surface area contributed by atoms with Gasteiger partial charge in [-0.15, -0.1) is 0 Å². The molecule has 1 aliphatic heterocycles. The number of likely N-dealkylation sites (tertiary alicyclic amines) is 1. The fourth-order valence-corrected chi connectivity index (χ4v) is 3.73. The lowest BCUT2D eigenvalue weighted by Crippen LogP contribution is -2.50.